The van der Waals surface area contributed by atoms with E-state index in [1.165, 1.54) is 25.4 Å². The maximum atomic E-state index is 12.7. The number of aryl methyl sites for hydroxylation is 1. The lowest BCUT2D eigenvalue weighted by Crippen LogP contribution is -2.50. The molecule has 1 amide bonds. The highest BCUT2D eigenvalue weighted by molar-refractivity contribution is 7.91. The summed E-state index contributed by atoms with van der Waals surface area (Å²) in [6, 6.07) is 2.66. The molecule has 120 valence electrons. The number of aromatic nitrogens is 2. The molecule has 2 aliphatic rings. The fourth-order valence-corrected chi connectivity index (χ4v) is 4.70. The third-order valence-corrected chi connectivity index (χ3v) is 6.31. The molecule has 0 saturated carbocycles. The Hall–Kier alpha value is -1.70. The van der Waals surface area contributed by atoms with E-state index in [0.29, 0.717) is 12.8 Å². The zero-order valence-electron chi connectivity index (χ0n) is 12.6. The van der Waals surface area contributed by atoms with Crippen LogP contribution in [0.2, 0.25) is 0 Å². The standard InChI is InChI=1S/C14H19N3O4S/c1-16-13(18)6-5-12(15-16)14(19)17-9-3-4-10(17)8-11(7-9)22(2,20)21/h5-6,9-11H,3-4,7-8H2,1-2H3/t9-,10-/m0/s1. The molecule has 0 aromatic carbocycles. The molecule has 22 heavy (non-hydrogen) atoms. The van der Waals surface area contributed by atoms with E-state index in [9.17, 15) is 18.0 Å². The second-order valence-electron chi connectivity index (χ2n) is 6.20. The van der Waals surface area contributed by atoms with Crippen LogP contribution in [0, 0.1) is 0 Å². The average molecular weight is 325 g/mol. The zero-order chi connectivity index (χ0) is 16.1. The number of piperidine rings is 1. The molecule has 0 unspecified atom stereocenters. The van der Waals surface area contributed by atoms with Crippen molar-refractivity contribution in [2.24, 2.45) is 7.05 Å². The van der Waals surface area contributed by atoms with Crippen molar-refractivity contribution in [2.75, 3.05) is 6.26 Å². The fourth-order valence-electron chi connectivity index (χ4n) is 3.56. The summed E-state index contributed by atoms with van der Waals surface area (Å²) >= 11 is 0. The van der Waals surface area contributed by atoms with Gasteiger partial charge in [0, 0.05) is 31.5 Å². The van der Waals surface area contributed by atoms with Crippen molar-refractivity contribution in [2.45, 2.75) is 43.0 Å². The lowest BCUT2D eigenvalue weighted by Gasteiger charge is -2.38. The minimum absolute atomic E-state index is 0.0509. The van der Waals surface area contributed by atoms with Crippen LogP contribution in [0.3, 0.4) is 0 Å². The van der Waals surface area contributed by atoms with Gasteiger partial charge in [-0.25, -0.2) is 13.1 Å². The van der Waals surface area contributed by atoms with Gasteiger partial charge in [-0.1, -0.05) is 0 Å². The summed E-state index contributed by atoms with van der Waals surface area (Å²) in [5, 5.41) is 3.65. The third-order valence-electron chi connectivity index (χ3n) is 4.71. The van der Waals surface area contributed by atoms with E-state index in [1.807, 2.05) is 0 Å². The number of hydrogen-bond acceptors (Lipinski definition) is 5. The van der Waals surface area contributed by atoms with E-state index in [0.717, 1.165) is 17.5 Å². The SMILES string of the molecule is Cn1nc(C(=O)N2[C@H]3CC[C@H]2CC(S(C)(=O)=O)C3)ccc1=O. The zero-order valence-corrected chi connectivity index (χ0v) is 13.4. The first kappa shape index (κ1) is 15.2. The van der Waals surface area contributed by atoms with Gasteiger partial charge >= 0.3 is 0 Å². The summed E-state index contributed by atoms with van der Waals surface area (Å²) in [7, 11) is -1.57. The molecule has 0 spiro atoms. The Morgan fingerprint density at radius 3 is 2.32 bits per heavy atom. The summed E-state index contributed by atoms with van der Waals surface area (Å²) in [5.41, 5.74) is -0.0351. The van der Waals surface area contributed by atoms with Gasteiger partial charge in [0.05, 0.1) is 5.25 Å². The van der Waals surface area contributed by atoms with Crippen LogP contribution in [0.4, 0.5) is 0 Å². The number of amides is 1. The summed E-state index contributed by atoms with van der Waals surface area (Å²) in [6.07, 6.45) is 3.91. The Morgan fingerprint density at radius 1 is 1.23 bits per heavy atom. The molecule has 3 rings (SSSR count). The van der Waals surface area contributed by atoms with Crippen molar-refractivity contribution in [3.8, 4) is 0 Å². The molecular formula is C14H19N3O4S. The number of fused-ring (bicyclic) bond motifs is 2. The minimum Gasteiger partial charge on any atom is -0.331 e. The molecule has 0 radical (unpaired) electrons. The lowest BCUT2D eigenvalue weighted by atomic mass is 10.0. The third kappa shape index (κ3) is 2.55. The van der Waals surface area contributed by atoms with E-state index in [4.69, 9.17) is 0 Å². The Kier molecular flexibility index (Phi) is 3.58. The molecule has 0 N–H and O–H groups in total. The molecule has 2 saturated heterocycles. The van der Waals surface area contributed by atoms with E-state index in [2.05, 4.69) is 5.10 Å². The van der Waals surface area contributed by atoms with Crippen LogP contribution in [-0.2, 0) is 16.9 Å². The highest BCUT2D eigenvalue weighted by atomic mass is 32.2. The normalized spacial score (nSPS) is 27.9. The van der Waals surface area contributed by atoms with Crippen molar-refractivity contribution in [1.29, 1.82) is 0 Å². The Bertz CT molecular complexity index is 757. The number of sulfone groups is 1. The van der Waals surface area contributed by atoms with Crippen LogP contribution in [-0.4, -0.2) is 52.6 Å². The molecule has 8 heteroatoms. The summed E-state index contributed by atoms with van der Waals surface area (Å²) in [6.45, 7) is 0. The summed E-state index contributed by atoms with van der Waals surface area (Å²) in [5.74, 6) is -0.213. The predicted octanol–water partition coefficient (Wildman–Crippen LogP) is -0.0395. The molecule has 0 aliphatic carbocycles. The fraction of sp³-hybridized carbons (Fsp3) is 0.643. The number of nitrogens with zero attached hydrogens (tertiary/aromatic N) is 3. The molecule has 1 aromatic heterocycles. The second-order valence-corrected chi connectivity index (χ2v) is 8.53. The topological polar surface area (TPSA) is 89.3 Å². The van der Waals surface area contributed by atoms with Crippen LogP contribution >= 0.6 is 0 Å². The van der Waals surface area contributed by atoms with Crippen LogP contribution in [0.5, 0.6) is 0 Å². The molecule has 1 aromatic rings. The van der Waals surface area contributed by atoms with Crippen LogP contribution in [0.15, 0.2) is 16.9 Å². The number of carbonyl (C=O) groups excluding carboxylic acids is 1. The molecule has 2 bridgehead atoms. The van der Waals surface area contributed by atoms with Gasteiger partial charge in [-0.05, 0) is 31.7 Å². The van der Waals surface area contributed by atoms with E-state index < -0.39 is 9.84 Å². The van der Waals surface area contributed by atoms with Gasteiger partial charge in [-0.3, -0.25) is 9.59 Å². The highest BCUT2D eigenvalue weighted by Gasteiger charge is 2.46. The van der Waals surface area contributed by atoms with E-state index >= 15 is 0 Å². The molecular weight excluding hydrogens is 306 g/mol. The smallest absolute Gasteiger partial charge is 0.274 e. The van der Waals surface area contributed by atoms with E-state index in [1.54, 1.807) is 4.90 Å². The van der Waals surface area contributed by atoms with Gasteiger partial charge in [-0.2, -0.15) is 5.10 Å². The van der Waals surface area contributed by atoms with Crippen LogP contribution in [0.1, 0.15) is 36.2 Å². The van der Waals surface area contributed by atoms with Crippen molar-refractivity contribution in [1.82, 2.24) is 14.7 Å². The quantitative estimate of drug-likeness (QED) is 0.761. The number of carbonyl (C=O) groups is 1. The van der Waals surface area contributed by atoms with Crippen molar-refractivity contribution < 1.29 is 13.2 Å². The summed E-state index contributed by atoms with van der Waals surface area (Å²) < 4.78 is 24.7. The monoisotopic (exact) mass is 325 g/mol. The molecule has 2 atom stereocenters. The van der Waals surface area contributed by atoms with Gasteiger partial charge in [0.2, 0.25) is 0 Å². The maximum Gasteiger partial charge on any atom is 0.274 e. The van der Waals surface area contributed by atoms with Crippen molar-refractivity contribution in [3.63, 3.8) is 0 Å². The molecule has 2 aliphatic heterocycles. The van der Waals surface area contributed by atoms with Gasteiger partial charge in [0.15, 0.2) is 0 Å². The Morgan fingerprint density at radius 2 is 1.82 bits per heavy atom. The van der Waals surface area contributed by atoms with Gasteiger partial charge in [0.1, 0.15) is 15.5 Å². The Labute approximate surface area is 128 Å². The first-order valence-electron chi connectivity index (χ1n) is 7.33. The molecule has 3 heterocycles. The van der Waals surface area contributed by atoms with Gasteiger partial charge in [-0.15, -0.1) is 0 Å². The first-order valence-corrected chi connectivity index (χ1v) is 9.28. The first-order chi connectivity index (χ1) is 10.3. The minimum atomic E-state index is -3.08. The van der Waals surface area contributed by atoms with Gasteiger partial charge in [0.25, 0.3) is 11.5 Å². The van der Waals surface area contributed by atoms with Crippen LogP contribution < -0.4 is 5.56 Å². The van der Waals surface area contributed by atoms with E-state index in [-0.39, 0.29) is 34.5 Å². The maximum absolute atomic E-state index is 12.7. The number of hydrogen-bond donors (Lipinski definition) is 0. The predicted molar refractivity (Wildman–Crippen MR) is 80.3 cm³/mol. The lowest BCUT2D eigenvalue weighted by molar-refractivity contribution is 0.0589. The second kappa shape index (κ2) is 5.19. The van der Waals surface area contributed by atoms with Crippen LogP contribution in [0.25, 0.3) is 0 Å². The summed E-state index contributed by atoms with van der Waals surface area (Å²) in [4.78, 5) is 25.8. The number of rotatable bonds is 2. The Balaban J connectivity index is 1.86. The van der Waals surface area contributed by atoms with Crippen molar-refractivity contribution in [3.05, 3.63) is 28.2 Å². The average Bonchev–Trinajstić information content (AvgIpc) is 2.69. The molecule has 7 nitrogen and oxygen atoms in total. The molecule has 2 fully saturated rings. The van der Waals surface area contributed by atoms with Crippen molar-refractivity contribution >= 4 is 15.7 Å². The largest absolute Gasteiger partial charge is 0.331 e. The van der Waals surface area contributed by atoms with Gasteiger partial charge < -0.3 is 4.90 Å². The highest BCUT2D eigenvalue weighted by Crippen LogP contribution is 2.38.